The van der Waals surface area contributed by atoms with E-state index >= 15 is 0 Å². The molecule has 0 bridgehead atoms. The smallest absolute Gasteiger partial charge is 0.270 e. The average molecular weight is 390 g/mol. The van der Waals surface area contributed by atoms with Gasteiger partial charge in [-0.3, -0.25) is 10.1 Å². The van der Waals surface area contributed by atoms with Gasteiger partial charge in [-0.25, -0.2) is 0 Å². The van der Waals surface area contributed by atoms with Gasteiger partial charge in [0.1, 0.15) is 10.6 Å². The van der Waals surface area contributed by atoms with E-state index in [-0.39, 0.29) is 11.9 Å². The number of thioether (sulfide) groups is 1. The number of fused-ring (bicyclic) bond motifs is 1. The van der Waals surface area contributed by atoms with Crippen LogP contribution in [0.5, 0.6) is 5.75 Å². The molecule has 0 atom stereocenters. The van der Waals surface area contributed by atoms with E-state index in [1.165, 1.54) is 37.0 Å². The summed E-state index contributed by atoms with van der Waals surface area (Å²) < 4.78 is 6.73. The van der Waals surface area contributed by atoms with Crippen molar-refractivity contribution in [1.29, 1.82) is 0 Å². The highest BCUT2D eigenvalue weighted by Crippen LogP contribution is 2.44. The summed E-state index contributed by atoms with van der Waals surface area (Å²) in [6, 6.07) is 6.01. The number of hydrogen-bond acceptors (Lipinski definition) is 7. The largest absolute Gasteiger partial charge is 0.494 e. The summed E-state index contributed by atoms with van der Waals surface area (Å²) in [6.45, 7) is 2.59. The molecule has 136 valence electrons. The number of benzene rings is 1. The van der Waals surface area contributed by atoms with Gasteiger partial charge in [0, 0.05) is 20.2 Å². The van der Waals surface area contributed by atoms with Crippen LogP contribution in [0.25, 0.3) is 10.1 Å². The Morgan fingerprint density at radius 2 is 2.27 bits per heavy atom. The summed E-state index contributed by atoms with van der Waals surface area (Å²) in [5, 5.41) is 17.8. The molecule has 9 heteroatoms. The predicted octanol–water partition coefficient (Wildman–Crippen LogP) is 4.10. The van der Waals surface area contributed by atoms with Crippen molar-refractivity contribution >= 4 is 45.0 Å². The Labute approximate surface area is 158 Å². The molecule has 26 heavy (non-hydrogen) atoms. The Morgan fingerprint density at radius 1 is 1.42 bits per heavy atom. The van der Waals surface area contributed by atoms with Crippen molar-refractivity contribution in [2.75, 3.05) is 11.9 Å². The van der Waals surface area contributed by atoms with Gasteiger partial charge in [0.2, 0.25) is 0 Å². The monoisotopic (exact) mass is 389 g/mol. The van der Waals surface area contributed by atoms with E-state index in [0.717, 1.165) is 20.7 Å². The topological polar surface area (TPSA) is 92.8 Å². The summed E-state index contributed by atoms with van der Waals surface area (Å²) in [5.74, 6) is 0.807. The molecule has 1 amide bonds. The summed E-state index contributed by atoms with van der Waals surface area (Å²) in [6.07, 6.45) is 4.90. The quantitative estimate of drug-likeness (QED) is 0.659. The lowest BCUT2D eigenvalue weighted by molar-refractivity contribution is 0.102. The van der Waals surface area contributed by atoms with Crippen LogP contribution in [-0.2, 0) is 0 Å². The zero-order chi connectivity index (χ0) is 17.9. The molecule has 0 unspecified atom stereocenters. The highest BCUT2D eigenvalue weighted by Gasteiger charge is 2.25. The van der Waals surface area contributed by atoms with Crippen LogP contribution in [0.2, 0.25) is 0 Å². The molecule has 0 aliphatic heterocycles. The first-order chi connectivity index (χ1) is 12.7. The van der Waals surface area contributed by atoms with Crippen molar-refractivity contribution in [3.8, 4) is 5.75 Å². The van der Waals surface area contributed by atoms with E-state index in [1.54, 1.807) is 0 Å². The maximum atomic E-state index is 12.8. The number of rotatable bonds is 6. The molecule has 2 N–H and O–H groups in total. The lowest BCUT2D eigenvalue weighted by Crippen LogP contribution is -2.12. The van der Waals surface area contributed by atoms with Gasteiger partial charge in [-0.1, -0.05) is 17.9 Å². The highest BCUT2D eigenvalue weighted by atomic mass is 32.2. The molecule has 0 spiro atoms. The van der Waals surface area contributed by atoms with E-state index in [4.69, 9.17) is 4.74 Å². The molecule has 4 rings (SSSR count). The van der Waals surface area contributed by atoms with E-state index in [1.807, 2.05) is 36.9 Å². The molecule has 1 fully saturated rings. The zero-order valence-corrected chi connectivity index (χ0v) is 16.0. The van der Waals surface area contributed by atoms with Crippen molar-refractivity contribution in [3.05, 3.63) is 23.1 Å². The minimum atomic E-state index is -0.203. The molecule has 2 aromatic heterocycles. The second kappa shape index (κ2) is 7.63. The van der Waals surface area contributed by atoms with Gasteiger partial charge < -0.3 is 4.74 Å². The molecular weight excluding hydrogens is 370 g/mol. The van der Waals surface area contributed by atoms with Crippen LogP contribution in [0.3, 0.4) is 0 Å². The number of aromatic nitrogens is 4. The van der Waals surface area contributed by atoms with Crippen LogP contribution >= 0.6 is 23.1 Å². The number of H-pyrrole nitrogens is 1. The summed E-state index contributed by atoms with van der Waals surface area (Å²) in [5.41, 5.74) is 0. The van der Waals surface area contributed by atoms with Crippen LogP contribution in [0, 0.1) is 0 Å². The van der Waals surface area contributed by atoms with Crippen molar-refractivity contribution in [2.24, 2.45) is 0 Å². The van der Waals surface area contributed by atoms with Crippen molar-refractivity contribution in [2.45, 2.75) is 42.8 Å². The number of hydrogen-bond donors (Lipinski definition) is 2. The number of anilines is 1. The Morgan fingerprint density at radius 3 is 3.00 bits per heavy atom. The SMILES string of the molecule is CCOc1ccc2sc(C(=O)Nc3nn[nH]n3)c(SC3CCCC3)c2c1. The summed E-state index contributed by atoms with van der Waals surface area (Å²) in [4.78, 5) is 14.5. The van der Waals surface area contributed by atoms with Gasteiger partial charge >= 0.3 is 0 Å². The van der Waals surface area contributed by atoms with Gasteiger partial charge in [-0.2, -0.15) is 5.21 Å². The Hall–Kier alpha value is -2.13. The molecule has 1 aromatic carbocycles. The maximum Gasteiger partial charge on any atom is 0.270 e. The molecule has 2 heterocycles. The third-order valence-electron chi connectivity index (χ3n) is 4.29. The van der Waals surface area contributed by atoms with Crippen LogP contribution < -0.4 is 10.1 Å². The van der Waals surface area contributed by atoms with E-state index in [2.05, 4.69) is 25.9 Å². The van der Waals surface area contributed by atoms with Gasteiger partial charge in [0.15, 0.2) is 0 Å². The number of ether oxygens (including phenoxy) is 1. The number of carbonyl (C=O) groups excluding carboxylic acids is 1. The molecule has 1 aliphatic carbocycles. The standard InChI is InChI=1S/C17H19N5O2S2/c1-2-24-10-7-8-13-12(9-10)14(25-11-5-3-4-6-11)15(26-13)16(23)18-17-19-21-22-20-17/h7-9,11H,2-6H2,1H3,(H2,18,19,20,21,22,23). The number of aromatic amines is 1. The fraction of sp³-hybridized carbons (Fsp3) is 0.412. The normalized spacial score (nSPS) is 14.8. The van der Waals surface area contributed by atoms with E-state index in [9.17, 15) is 4.79 Å². The lowest BCUT2D eigenvalue weighted by Gasteiger charge is -2.10. The molecule has 3 aromatic rings. The number of nitrogens with zero attached hydrogens (tertiary/aromatic N) is 3. The minimum absolute atomic E-state index is 0.180. The fourth-order valence-corrected chi connectivity index (χ4v) is 5.83. The van der Waals surface area contributed by atoms with Crippen LogP contribution in [-0.4, -0.2) is 38.4 Å². The molecular formula is C17H19N5O2S2. The van der Waals surface area contributed by atoms with E-state index < -0.39 is 0 Å². The van der Waals surface area contributed by atoms with E-state index in [0.29, 0.717) is 16.7 Å². The van der Waals surface area contributed by atoms with Crippen molar-refractivity contribution < 1.29 is 9.53 Å². The Balaban J connectivity index is 1.72. The number of nitrogens with one attached hydrogen (secondary N) is 2. The molecule has 0 radical (unpaired) electrons. The number of amides is 1. The van der Waals surface area contributed by atoms with Crippen LogP contribution in [0.4, 0.5) is 5.95 Å². The first-order valence-corrected chi connectivity index (χ1v) is 10.3. The number of carbonyl (C=O) groups is 1. The Bertz CT molecular complexity index is 903. The van der Waals surface area contributed by atoms with Crippen LogP contribution in [0.15, 0.2) is 23.1 Å². The highest BCUT2D eigenvalue weighted by molar-refractivity contribution is 8.00. The third-order valence-corrected chi connectivity index (χ3v) is 7.05. The van der Waals surface area contributed by atoms with Crippen LogP contribution in [0.1, 0.15) is 42.3 Å². The van der Waals surface area contributed by atoms with Gasteiger partial charge in [-0.05, 0) is 43.2 Å². The number of thiophene rings is 1. The van der Waals surface area contributed by atoms with Crippen molar-refractivity contribution in [1.82, 2.24) is 20.6 Å². The molecule has 7 nitrogen and oxygen atoms in total. The van der Waals surface area contributed by atoms with Gasteiger partial charge in [0.25, 0.3) is 11.9 Å². The fourth-order valence-electron chi connectivity index (χ4n) is 3.12. The molecule has 1 saturated carbocycles. The van der Waals surface area contributed by atoms with Gasteiger partial charge in [0.05, 0.1) is 6.61 Å². The molecule has 0 saturated heterocycles. The van der Waals surface area contributed by atoms with Gasteiger partial charge in [-0.15, -0.1) is 28.2 Å². The number of tetrazole rings is 1. The van der Waals surface area contributed by atoms with Crippen molar-refractivity contribution in [3.63, 3.8) is 0 Å². The maximum absolute atomic E-state index is 12.8. The third kappa shape index (κ3) is 3.54. The summed E-state index contributed by atoms with van der Waals surface area (Å²) in [7, 11) is 0. The first-order valence-electron chi connectivity index (χ1n) is 8.65. The zero-order valence-electron chi connectivity index (χ0n) is 14.3. The predicted molar refractivity (Wildman–Crippen MR) is 103 cm³/mol. The molecule has 1 aliphatic rings. The first kappa shape index (κ1) is 17.3. The summed E-state index contributed by atoms with van der Waals surface area (Å²) >= 11 is 3.30. The Kier molecular flexibility index (Phi) is 5.07. The minimum Gasteiger partial charge on any atom is -0.494 e. The second-order valence-electron chi connectivity index (χ2n) is 6.07. The average Bonchev–Trinajstić information content (AvgIpc) is 3.38. The lowest BCUT2D eigenvalue weighted by atomic mass is 10.2. The second-order valence-corrected chi connectivity index (χ2v) is 8.43.